The second-order valence-corrected chi connectivity index (χ2v) is 5.30. The van der Waals surface area contributed by atoms with E-state index in [4.69, 9.17) is 10.5 Å². The van der Waals surface area contributed by atoms with Gasteiger partial charge in [0.15, 0.2) is 0 Å². The molecule has 0 heterocycles. The Bertz CT molecular complexity index is 461. The minimum Gasteiger partial charge on any atom is -0.397 e. The quantitative estimate of drug-likeness (QED) is 0.571. The molecule has 0 aromatic heterocycles. The highest BCUT2D eigenvalue weighted by Crippen LogP contribution is 2.25. The van der Waals surface area contributed by atoms with Gasteiger partial charge in [0, 0.05) is 38.4 Å². The molecule has 0 aliphatic heterocycles. The fraction of sp³-hybridized carbons (Fsp3) is 0.562. The number of carbonyl (C=O) groups is 1. The van der Waals surface area contributed by atoms with Crippen molar-refractivity contribution in [3.8, 4) is 0 Å². The van der Waals surface area contributed by atoms with Crippen LogP contribution in [0.4, 0.5) is 17.1 Å². The van der Waals surface area contributed by atoms with E-state index >= 15 is 0 Å². The Morgan fingerprint density at radius 3 is 2.71 bits per heavy atom. The van der Waals surface area contributed by atoms with E-state index in [1.807, 2.05) is 39.0 Å². The molecule has 3 N–H and O–H groups in total. The third kappa shape index (κ3) is 5.27. The maximum atomic E-state index is 12.0. The number of nitrogens with one attached hydrogen (secondary N) is 1. The summed E-state index contributed by atoms with van der Waals surface area (Å²) in [4.78, 5) is 13.6. The molecule has 0 fully saturated rings. The summed E-state index contributed by atoms with van der Waals surface area (Å²) in [6.07, 6.45) is 0.931. The molecule has 0 aliphatic carbocycles. The van der Waals surface area contributed by atoms with Crippen molar-refractivity contribution in [1.29, 1.82) is 0 Å². The lowest BCUT2D eigenvalue weighted by molar-refractivity contribution is -0.121. The van der Waals surface area contributed by atoms with Gasteiger partial charge in [0.05, 0.1) is 11.4 Å². The van der Waals surface area contributed by atoms with E-state index in [1.165, 1.54) is 0 Å². The van der Waals surface area contributed by atoms with Gasteiger partial charge < -0.3 is 20.7 Å². The van der Waals surface area contributed by atoms with Crippen LogP contribution >= 0.6 is 0 Å². The van der Waals surface area contributed by atoms with Crippen LogP contribution in [0.5, 0.6) is 0 Å². The third-order valence-electron chi connectivity index (χ3n) is 3.23. The number of hydrogen-bond acceptors (Lipinski definition) is 4. The van der Waals surface area contributed by atoms with E-state index in [0.717, 1.165) is 37.6 Å². The highest BCUT2D eigenvalue weighted by Gasteiger charge is 2.15. The van der Waals surface area contributed by atoms with Crippen molar-refractivity contribution in [2.45, 2.75) is 27.2 Å². The number of benzene rings is 1. The van der Waals surface area contributed by atoms with Gasteiger partial charge in [-0.15, -0.1) is 0 Å². The summed E-state index contributed by atoms with van der Waals surface area (Å²) in [6, 6.07) is 5.64. The number of nitrogens with two attached hydrogens (primary N) is 1. The predicted octanol–water partition coefficient (Wildman–Crippen LogP) is 2.73. The van der Waals surface area contributed by atoms with Crippen molar-refractivity contribution >= 4 is 23.0 Å². The molecule has 0 spiro atoms. The highest BCUT2D eigenvalue weighted by atomic mass is 16.5. The van der Waals surface area contributed by atoms with E-state index < -0.39 is 0 Å². The van der Waals surface area contributed by atoms with Crippen LogP contribution in [0.1, 0.15) is 27.2 Å². The molecular weight excluding hydrogens is 266 g/mol. The van der Waals surface area contributed by atoms with Crippen LogP contribution in [0.25, 0.3) is 0 Å². The molecule has 1 amide bonds. The van der Waals surface area contributed by atoms with Crippen LogP contribution in [0.15, 0.2) is 18.2 Å². The lowest BCUT2D eigenvalue weighted by atomic mass is 10.1. The SMILES string of the molecule is CCOCCCNc1ccc(N(C)C(=O)C(C)C)cc1N. The lowest BCUT2D eigenvalue weighted by Crippen LogP contribution is -2.30. The first-order chi connectivity index (χ1) is 9.97. The van der Waals surface area contributed by atoms with Gasteiger partial charge in [0.25, 0.3) is 0 Å². The van der Waals surface area contributed by atoms with Crippen molar-refractivity contribution in [3.05, 3.63) is 18.2 Å². The van der Waals surface area contributed by atoms with Crippen molar-refractivity contribution in [2.75, 3.05) is 42.8 Å². The van der Waals surface area contributed by atoms with Gasteiger partial charge >= 0.3 is 0 Å². The van der Waals surface area contributed by atoms with Crippen LogP contribution < -0.4 is 16.0 Å². The monoisotopic (exact) mass is 293 g/mol. The number of hydrogen-bond donors (Lipinski definition) is 2. The van der Waals surface area contributed by atoms with Crippen LogP contribution in [0.3, 0.4) is 0 Å². The molecule has 118 valence electrons. The van der Waals surface area contributed by atoms with Crippen LogP contribution in [0, 0.1) is 5.92 Å². The van der Waals surface area contributed by atoms with Crippen molar-refractivity contribution in [3.63, 3.8) is 0 Å². The average Bonchev–Trinajstić information content (AvgIpc) is 2.46. The minimum absolute atomic E-state index is 0.0346. The van der Waals surface area contributed by atoms with Gasteiger partial charge in [-0.05, 0) is 31.5 Å². The molecule has 5 nitrogen and oxygen atoms in total. The van der Waals surface area contributed by atoms with E-state index in [9.17, 15) is 4.79 Å². The number of ether oxygens (including phenoxy) is 1. The van der Waals surface area contributed by atoms with Crippen LogP contribution in [0.2, 0.25) is 0 Å². The number of anilines is 3. The molecule has 0 radical (unpaired) electrons. The van der Waals surface area contributed by atoms with Gasteiger partial charge in [-0.25, -0.2) is 0 Å². The van der Waals surface area contributed by atoms with Gasteiger partial charge in [-0.1, -0.05) is 13.8 Å². The van der Waals surface area contributed by atoms with Gasteiger partial charge in [-0.2, -0.15) is 0 Å². The molecule has 0 bridgehead atoms. The summed E-state index contributed by atoms with van der Waals surface area (Å²) in [5.41, 5.74) is 8.39. The molecule has 0 unspecified atom stereocenters. The maximum Gasteiger partial charge on any atom is 0.229 e. The Balaban J connectivity index is 2.61. The molecule has 1 aromatic carbocycles. The zero-order valence-electron chi connectivity index (χ0n) is 13.5. The summed E-state index contributed by atoms with van der Waals surface area (Å²) >= 11 is 0. The van der Waals surface area contributed by atoms with Gasteiger partial charge in [0.2, 0.25) is 5.91 Å². The predicted molar refractivity (Wildman–Crippen MR) is 88.7 cm³/mol. The first-order valence-corrected chi connectivity index (χ1v) is 7.46. The summed E-state index contributed by atoms with van der Waals surface area (Å²) in [5.74, 6) is 0.0411. The lowest BCUT2D eigenvalue weighted by Gasteiger charge is -2.21. The summed E-state index contributed by atoms with van der Waals surface area (Å²) < 4.78 is 5.29. The molecule has 0 saturated heterocycles. The van der Waals surface area contributed by atoms with E-state index in [0.29, 0.717) is 5.69 Å². The number of carbonyl (C=O) groups excluding carboxylic acids is 1. The Hall–Kier alpha value is -1.75. The normalized spacial score (nSPS) is 10.7. The molecule has 0 saturated carbocycles. The number of amides is 1. The molecule has 1 rings (SSSR count). The van der Waals surface area contributed by atoms with E-state index in [2.05, 4.69) is 5.32 Å². The standard InChI is InChI=1S/C16H27N3O2/c1-5-21-10-6-9-18-15-8-7-13(11-14(15)17)19(4)16(20)12(2)3/h7-8,11-12,18H,5-6,9-10,17H2,1-4H3. The summed E-state index contributed by atoms with van der Waals surface area (Å²) in [7, 11) is 1.77. The number of nitrogen functional groups attached to an aromatic ring is 1. The molecule has 1 aromatic rings. The third-order valence-corrected chi connectivity index (χ3v) is 3.23. The molecule has 0 aliphatic rings. The minimum atomic E-state index is -0.0346. The number of rotatable bonds is 8. The first kappa shape index (κ1) is 17.3. The summed E-state index contributed by atoms with van der Waals surface area (Å²) in [5, 5.41) is 3.28. The second kappa shape index (κ2) is 8.52. The Morgan fingerprint density at radius 2 is 2.14 bits per heavy atom. The zero-order valence-corrected chi connectivity index (χ0v) is 13.5. The zero-order chi connectivity index (χ0) is 15.8. The Morgan fingerprint density at radius 1 is 1.43 bits per heavy atom. The molecular formula is C16H27N3O2. The van der Waals surface area contributed by atoms with E-state index in [1.54, 1.807) is 11.9 Å². The maximum absolute atomic E-state index is 12.0. The first-order valence-electron chi connectivity index (χ1n) is 7.46. The molecule has 21 heavy (non-hydrogen) atoms. The Labute approximate surface area is 127 Å². The van der Waals surface area contributed by atoms with Gasteiger partial charge in [-0.3, -0.25) is 4.79 Å². The van der Waals surface area contributed by atoms with Crippen LogP contribution in [-0.2, 0) is 9.53 Å². The fourth-order valence-electron chi connectivity index (χ4n) is 1.98. The van der Waals surface area contributed by atoms with Gasteiger partial charge in [0.1, 0.15) is 0 Å². The summed E-state index contributed by atoms with van der Waals surface area (Å²) in [6.45, 7) is 8.05. The van der Waals surface area contributed by atoms with Crippen molar-refractivity contribution in [1.82, 2.24) is 0 Å². The smallest absolute Gasteiger partial charge is 0.229 e. The Kier molecular flexibility index (Phi) is 7.02. The topological polar surface area (TPSA) is 67.6 Å². The second-order valence-electron chi connectivity index (χ2n) is 5.30. The van der Waals surface area contributed by atoms with Crippen molar-refractivity contribution < 1.29 is 9.53 Å². The van der Waals surface area contributed by atoms with Crippen LogP contribution in [-0.4, -0.2) is 32.7 Å². The average molecular weight is 293 g/mol. The molecule has 5 heteroatoms. The fourth-order valence-corrected chi connectivity index (χ4v) is 1.98. The molecule has 0 atom stereocenters. The highest BCUT2D eigenvalue weighted by molar-refractivity contribution is 5.95. The van der Waals surface area contributed by atoms with Crippen molar-refractivity contribution in [2.24, 2.45) is 5.92 Å². The number of nitrogens with zero attached hydrogens (tertiary/aromatic N) is 1. The largest absolute Gasteiger partial charge is 0.397 e. The van der Waals surface area contributed by atoms with E-state index in [-0.39, 0.29) is 11.8 Å².